The summed E-state index contributed by atoms with van der Waals surface area (Å²) in [6.07, 6.45) is 5.11. The van der Waals surface area contributed by atoms with Crippen molar-refractivity contribution in [1.29, 1.82) is 0 Å². The summed E-state index contributed by atoms with van der Waals surface area (Å²) in [5.41, 5.74) is 4.48. The van der Waals surface area contributed by atoms with E-state index in [0.717, 1.165) is 44.9 Å². The van der Waals surface area contributed by atoms with Gasteiger partial charge < -0.3 is 10.8 Å². The van der Waals surface area contributed by atoms with E-state index in [1.165, 1.54) is 12.8 Å². The molecule has 0 bridgehead atoms. The van der Waals surface area contributed by atoms with E-state index in [0.29, 0.717) is 24.7 Å². The van der Waals surface area contributed by atoms with Gasteiger partial charge in [-0.2, -0.15) is 13.2 Å². The molecule has 0 aliphatic heterocycles. The van der Waals surface area contributed by atoms with E-state index >= 15 is 0 Å². The first-order valence-electron chi connectivity index (χ1n) is 14.4. The lowest BCUT2D eigenvalue weighted by molar-refractivity contribution is -0.220. The highest BCUT2D eigenvalue weighted by atomic mass is 19.4. The zero-order chi connectivity index (χ0) is 26.8. The van der Waals surface area contributed by atoms with Crippen molar-refractivity contribution in [2.75, 3.05) is 0 Å². The Labute approximate surface area is 215 Å². The van der Waals surface area contributed by atoms with E-state index < -0.39 is 11.7 Å². The predicted octanol–water partition coefficient (Wildman–Crippen LogP) is 7.76. The summed E-state index contributed by atoms with van der Waals surface area (Å²) in [5, 5.41) is 13.1. The largest absolute Gasteiger partial charge is 0.417 e. The minimum atomic E-state index is -4.58. The molecule has 0 aromatic rings. The third kappa shape index (κ3) is 4.36. The standard InChI is InChI=1S/C29H49F3N2O2/c1-24(2,3)23(35)9-7-6-8-19-10-11-21-25(19,4)14-13-22-26(5)16-17-27(34-36,29(30,31)32)18-20(26)12-15-28(21,22)33/h19-23,35H,6-18,33H2,1-5H3/t19?,20?,21?,22?,23?,25?,26?,27-,28?/m0/s1. The number of halogens is 3. The second-order valence-electron chi connectivity index (χ2n) is 14.8. The van der Waals surface area contributed by atoms with Crippen molar-refractivity contribution < 1.29 is 18.3 Å². The van der Waals surface area contributed by atoms with Crippen molar-refractivity contribution in [2.24, 2.45) is 50.8 Å². The molecule has 4 nitrogen and oxygen atoms in total. The number of aliphatic hydroxyl groups is 1. The minimum absolute atomic E-state index is 0.0790. The second-order valence-corrected chi connectivity index (χ2v) is 14.8. The summed E-state index contributed by atoms with van der Waals surface area (Å²) in [6.45, 7) is 10.9. The molecule has 208 valence electrons. The van der Waals surface area contributed by atoms with E-state index in [4.69, 9.17) is 5.73 Å². The highest BCUT2D eigenvalue weighted by Gasteiger charge is 2.69. The number of nitrogens with two attached hydrogens (primary N) is 1. The summed E-state index contributed by atoms with van der Waals surface area (Å²) < 4.78 is 41.6. The van der Waals surface area contributed by atoms with Gasteiger partial charge in [0.2, 0.25) is 0 Å². The number of rotatable bonds is 6. The maximum Gasteiger partial charge on any atom is 0.417 e. The Kier molecular flexibility index (Phi) is 7.24. The van der Waals surface area contributed by atoms with Crippen LogP contribution in [0.5, 0.6) is 0 Å². The highest BCUT2D eigenvalue weighted by Crippen LogP contribution is 2.70. The number of nitrogens with zero attached hydrogens (tertiary/aromatic N) is 1. The third-order valence-electron chi connectivity index (χ3n) is 12.1. The highest BCUT2D eigenvalue weighted by molar-refractivity contribution is 5.19. The molecular formula is C29H49F3N2O2. The molecule has 8 unspecified atom stereocenters. The topological polar surface area (TPSA) is 75.7 Å². The van der Waals surface area contributed by atoms with Gasteiger partial charge in [0.1, 0.15) is 0 Å². The van der Waals surface area contributed by atoms with Crippen LogP contribution in [0.4, 0.5) is 13.2 Å². The van der Waals surface area contributed by atoms with Crippen LogP contribution in [0.3, 0.4) is 0 Å². The molecule has 9 atom stereocenters. The van der Waals surface area contributed by atoms with Crippen LogP contribution in [-0.2, 0) is 0 Å². The van der Waals surface area contributed by atoms with Crippen LogP contribution in [0.1, 0.15) is 118 Å². The van der Waals surface area contributed by atoms with Gasteiger partial charge in [0, 0.05) is 5.54 Å². The van der Waals surface area contributed by atoms with Gasteiger partial charge in [0.15, 0.2) is 5.54 Å². The lowest BCUT2D eigenvalue weighted by Gasteiger charge is -2.66. The van der Waals surface area contributed by atoms with Crippen molar-refractivity contribution in [1.82, 2.24) is 0 Å². The minimum Gasteiger partial charge on any atom is -0.393 e. The molecule has 4 aliphatic rings. The molecule has 0 aromatic heterocycles. The van der Waals surface area contributed by atoms with E-state index in [2.05, 4.69) is 39.8 Å². The fraction of sp³-hybridized carbons (Fsp3) is 1.00. The van der Waals surface area contributed by atoms with Crippen LogP contribution in [0.25, 0.3) is 0 Å². The Hall–Kier alpha value is -0.690. The summed E-state index contributed by atoms with van der Waals surface area (Å²) in [6, 6.07) is 0. The molecule has 3 N–H and O–H groups in total. The smallest absolute Gasteiger partial charge is 0.393 e. The maximum absolute atomic E-state index is 13.9. The Morgan fingerprint density at radius 2 is 1.61 bits per heavy atom. The molecule has 0 saturated heterocycles. The van der Waals surface area contributed by atoms with Crippen molar-refractivity contribution >= 4 is 0 Å². The molecule has 0 heterocycles. The van der Waals surface area contributed by atoms with E-state index in [1.807, 2.05) is 0 Å². The Morgan fingerprint density at radius 1 is 0.944 bits per heavy atom. The fourth-order valence-electron chi connectivity index (χ4n) is 9.60. The van der Waals surface area contributed by atoms with E-state index in [9.17, 15) is 23.2 Å². The molecule has 0 radical (unpaired) electrons. The Morgan fingerprint density at radius 3 is 2.22 bits per heavy atom. The normalized spacial score (nSPS) is 45.9. The number of nitroso groups, excluding NO2 is 1. The monoisotopic (exact) mass is 514 g/mol. The Balaban J connectivity index is 1.45. The van der Waals surface area contributed by atoms with Crippen molar-refractivity contribution in [3.63, 3.8) is 0 Å². The number of hydrogen-bond acceptors (Lipinski definition) is 4. The van der Waals surface area contributed by atoms with Crippen LogP contribution in [0.2, 0.25) is 0 Å². The van der Waals surface area contributed by atoms with Crippen LogP contribution in [0, 0.1) is 44.8 Å². The summed E-state index contributed by atoms with van der Waals surface area (Å²) in [7, 11) is 0. The van der Waals surface area contributed by atoms with Crippen LogP contribution in [0.15, 0.2) is 5.18 Å². The zero-order valence-corrected chi connectivity index (χ0v) is 23.1. The van der Waals surface area contributed by atoms with Crippen LogP contribution < -0.4 is 5.73 Å². The number of unbranched alkanes of at least 4 members (excludes halogenated alkanes) is 1. The van der Waals surface area contributed by atoms with Gasteiger partial charge in [-0.15, -0.1) is 4.91 Å². The summed E-state index contributed by atoms with van der Waals surface area (Å²) in [4.78, 5) is 11.5. The molecular weight excluding hydrogens is 465 g/mol. The number of alkyl halides is 3. The molecule has 36 heavy (non-hydrogen) atoms. The zero-order valence-electron chi connectivity index (χ0n) is 23.1. The predicted molar refractivity (Wildman–Crippen MR) is 137 cm³/mol. The van der Waals surface area contributed by atoms with Gasteiger partial charge in [0.25, 0.3) is 0 Å². The van der Waals surface area contributed by atoms with Gasteiger partial charge in [-0.3, -0.25) is 0 Å². The molecule has 4 fully saturated rings. The Bertz CT molecular complexity index is 828. The van der Waals surface area contributed by atoms with Gasteiger partial charge in [0.05, 0.1) is 6.10 Å². The maximum atomic E-state index is 13.9. The number of hydrogen-bond donors (Lipinski definition) is 2. The first kappa shape index (κ1) is 28.3. The van der Waals surface area contributed by atoms with E-state index in [-0.39, 0.29) is 52.6 Å². The molecule has 0 spiro atoms. The van der Waals surface area contributed by atoms with Crippen molar-refractivity contribution in [3.8, 4) is 0 Å². The van der Waals surface area contributed by atoms with Crippen molar-refractivity contribution in [3.05, 3.63) is 4.91 Å². The second kappa shape index (κ2) is 9.20. The first-order chi connectivity index (χ1) is 16.5. The first-order valence-corrected chi connectivity index (χ1v) is 14.4. The van der Waals surface area contributed by atoms with Gasteiger partial charge in [-0.1, -0.05) is 52.6 Å². The molecule has 7 heteroatoms. The molecule has 0 amide bonds. The number of aliphatic hydroxyl groups excluding tert-OH is 1. The van der Waals surface area contributed by atoms with Gasteiger partial charge in [-0.25, -0.2) is 0 Å². The third-order valence-corrected chi connectivity index (χ3v) is 12.1. The molecule has 4 aliphatic carbocycles. The van der Waals surface area contributed by atoms with Crippen LogP contribution >= 0.6 is 0 Å². The van der Waals surface area contributed by atoms with Crippen molar-refractivity contribution in [2.45, 2.75) is 141 Å². The van der Waals surface area contributed by atoms with Crippen LogP contribution in [-0.4, -0.2) is 28.5 Å². The van der Waals surface area contributed by atoms with Gasteiger partial charge in [-0.05, 0) is 111 Å². The number of fused-ring (bicyclic) bond motifs is 5. The lowest BCUT2D eigenvalue weighted by Crippen LogP contribution is -2.69. The van der Waals surface area contributed by atoms with Gasteiger partial charge >= 0.3 is 6.18 Å². The average molecular weight is 515 g/mol. The average Bonchev–Trinajstić information content (AvgIpc) is 3.12. The molecule has 0 aromatic carbocycles. The summed E-state index contributed by atoms with van der Waals surface area (Å²) in [5.74, 6) is 1.10. The summed E-state index contributed by atoms with van der Waals surface area (Å²) >= 11 is 0. The quantitative estimate of drug-likeness (QED) is 0.281. The SMILES string of the molecule is CC(C)(C)C(O)CCCCC1CCC2C1(C)CCC1C3(C)CC[C@@](N=O)(C(F)(F)F)CC3CCC21N. The molecule has 4 rings (SSSR count). The van der Waals surface area contributed by atoms with E-state index in [1.54, 1.807) is 0 Å². The molecule has 4 saturated carbocycles. The lowest BCUT2D eigenvalue weighted by atomic mass is 9.41. The fourth-order valence-corrected chi connectivity index (χ4v) is 9.60.